The molecule has 6 nitrogen and oxygen atoms in total. The van der Waals surface area contributed by atoms with E-state index in [4.69, 9.17) is 21.1 Å². The number of hydrogen-bond acceptors (Lipinski definition) is 5. The van der Waals surface area contributed by atoms with Crippen LogP contribution in [0.2, 0.25) is 5.02 Å². The molecule has 1 aromatic carbocycles. The summed E-state index contributed by atoms with van der Waals surface area (Å²) in [5, 5.41) is 1.46. The van der Waals surface area contributed by atoms with Gasteiger partial charge in [0.1, 0.15) is 0 Å². The van der Waals surface area contributed by atoms with Crippen LogP contribution in [0.15, 0.2) is 29.1 Å². The molecule has 0 unspecified atom stereocenters. The van der Waals surface area contributed by atoms with Crippen molar-refractivity contribution in [3.63, 3.8) is 0 Å². The van der Waals surface area contributed by atoms with E-state index in [-0.39, 0.29) is 23.3 Å². The van der Waals surface area contributed by atoms with Crippen molar-refractivity contribution in [3.05, 3.63) is 45.2 Å². The second-order valence-corrected chi connectivity index (χ2v) is 8.63. The minimum Gasteiger partial charge on any atom is -0.415 e. The van der Waals surface area contributed by atoms with E-state index in [0.717, 1.165) is 42.1 Å². The van der Waals surface area contributed by atoms with Crippen LogP contribution >= 0.6 is 11.6 Å². The summed E-state index contributed by atoms with van der Waals surface area (Å²) in [7, 11) is 5.65. The lowest BCUT2D eigenvalue weighted by Gasteiger charge is -2.27. The highest BCUT2D eigenvalue weighted by Gasteiger charge is 2.30. The Bertz CT molecular complexity index is 985. The van der Waals surface area contributed by atoms with Crippen LogP contribution in [0.4, 0.5) is 0 Å². The van der Waals surface area contributed by atoms with E-state index in [2.05, 4.69) is 0 Å². The molecule has 0 radical (unpaired) electrons. The average molecular weight is 434 g/mol. The molecule has 1 heterocycles. The standard InChI is InChI=1S/C23H30ClN2O4/c1-15(27)30-22-20(16-5-8-19(29-4)9-6-16)14-17-13-18(24)7-10-21(17)26(23(22)28)12-11-25(2)3/h7,10,13-14,16,19H,5-6,8-9,11-12H2,1-4H3/q+1. The van der Waals surface area contributed by atoms with Gasteiger partial charge >= 0.3 is 11.5 Å². The molecule has 1 aliphatic carbocycles. The molecule has 0 N–H and O–H groups in total. The number of carbonyl (C=O) groups excluding carboxylic acids is 1. The summed E-state index contributed by atoms with van der Waals surface area (Å²) < 4.78 is 12.7. The lowest BCUT2D eigenvalue weighted by atomic mass is 9.82. The number of aromatic nitrogens is 1. The van der Waals surface area contributed by atoms with Crippen LogP contribution in [-0.2, 0) is 16.1 Å². The van der Waals surface area contributed by atoms with Crippen molar-refractivity contribution in [1.82, 2.24) is 4.90 Å². The predicted octanol–water partition coefficient (Wildman–Crippen LogP) is 3.30. The fourth-order valence-electron chi connectivity index (χ4n) is 4.16. The largest absolute Gasteiger partial charge is 0.455 e. The van der Waals surface area contributed by atoms with Crippen molar-refractivity contribution in [2.45, 2.75) is 51.2 Å². The number of halogens is 1. The molecule has 1 aliphatic rings. The zero-order valence-electron chi connectivity index (χ0n) is 18.1. The lowest BCUT2D eigenvalue weighted by Crippen LogP contribution is -2.52. The van der Waals surface area contributed by atoms with E-state index >= 15 is 0 Å². The number of likely N-dealkylation sites (N-methyl/N-ethyl adjacent to an activating group) is 1. The van der Waals surface area contributed by atoms with Crippen molar-refractivity contribution in [2.24, 2.45) is 0 Å². The summed E-state index contributed by atoms with van der Waals surface area (Å²) in [6, 6.07) is 7.48. The maximum Gasteiger partial charge on any atom is 0.455 e. The number of carbonyl (C=O) groups is 1. The van der Waals surface area contributed by atoms with Crippen molar-refractivity contribution < 1.29 is 18.8 Å². The van der Waals surface area contributed by atoms with E-state index < -0.39 is 5.97 Å². The molecular formula is C23H30ClN2O4+. The lowest BCUT2D eigenvalue weighted by molar-refractivity contribution is -0.684. The smallest absolute Gasteiger partial charge is 0.415 e. The number of ether oxygens (including phenoxy) is 2. The molecule has 0 saturated heterocycles. The SMILES string of the molecule is COC1CCC(c2cc3cc(Cl)ccc3[n+](CCN(C)C)c(=O)c2OC(C)=O)CC1. The van der Waals surface area contributed by atoms with E-state index in [1.54, 1.807) is 17.7 Å². The maximum absolute atomic E-state index is 13.6. The van der Waals surface area contributed by atoms with Crippen molar-refractivity contribution >= 4 is 28.5 Å². The second kappa shape index (κ2) is 9.86. The molecule has 0 atom stereocenters. The molecule has 1 fully saturated rings. The Morgan fingerprint density at radius 2 is 1.90 bits per heavy atom. The molecule has 30 heavy (non-hydrogen) atoms. The Morgan fingerprint density at radius 3 is 2.50 bits per heavy atom. The first-order valence-corrected chi connectivity index (χ1v) is 10.7. The van der Waals surface area contributed by atoms with Crippen LogP contribution < -0.4 is 14.9 Å². The molecule has 162 valence electrons. The molecule has 7 heteroatoms. The molecule has 3 rings (SSSR count). The van der Waals surface area contributed by atoms with Gasteiger partial charge in [0.25, 0.3) is 0 Å². The minimum absolute atomic E-state index is 0.121. The van der Waals surface area contributed by atoms with Crippen LogP contribution in [0.5, 0.6) is 5.75 Å². The van der Waals surface area contributed by atoms with Crippen LogP contribution in [0, 0.1) is 0 Å². The van der Waals surface area contributed by atoms with Gasteiger partial charge in [0, 0.05) is 36.1 Å². The third kappa shape index (κ3) is 5.17. The molecule has 0 bridgehead atoms. The van der Waals surface area contributed by atoms with Crippen LogP contribution in [-0.4, -0.2) is 44.7 Å². The Labute approximate surface area is 182 Å². The van der Waals surface area contributed by atoms with Gasteiger partial charge in [-0.05, 0) is 63.9 Å². The number of fused-ring (bicyclic) bond motifs is 1. The summed E-state index contributed by atoms with van der Waals surface area (Å²) in [4.78, 5) is 27.5. The Hall–Kier alpha value is -2.02. The second-order valence-electron chi connectivity index (χ2n) is 8.19. The molecule has 0 spiro atoms. The monoisotopic (exact) mass is 433 g/mol. The Balaban J connectivity index is 2.24. The topological polar surface area (TPSA) is 59.7 Å². The highest BCUT2D eigenvalue weighted by Crippen LogP contribution is 2.37. The van der Waals surface area contributed by atoms with Crippen molar-refractivity contribution in [2.75, 3.05) is 27.7 Å². The first-order chi connectivity index (χ1) is 14.3. The van der Waals surface area contributed by atoms with Gasteiger partial charge < -0.3 is 14.4 Å². The number of esters is 1. The van der Waals surface area contributed by atoms with E-state index in [0.29, 0.717) is 18.1 Å². The minimum atomic E-state index is -0.494. The first-order valence-electron chi connectivity index (χ1n) is 10.4. The predicted molar refractivity (Wildman–Crippen MR) is 117 cm³/mol. The highest BCUT2D eigenvalue weighted by atomic mass is 35.5. The molecule has 2 aromatic rings. The average Bonchev–Trinajstić information content (AvgIpc) is 2.81. The normalized spacial score (nSPS) is 19.3. The quantitative estimate of drug-likeness (QED) is 0.516. The van der Waals surface area contributed by atoms with Crippen LogP contribution in [0.1, 0.15) is 44.1 Å². The van der Waals surface area contributed by atoms with Gasteiger partial charge in [0.15, 0.2) is 6.54 Å². The first kappa shape index (κ1) is 22.7. The number of benzene rings is 1. The zero-order valence-corrected chi connectivity index (χ0v) is 18.9. The van der Waals surface area contributed by atoms with Gasteiger partial charge in [0.05, 0.1) is 12.6 Å². The summed E-state index contributed by atoms with van der Waals surface area (Å²) in [6.45, 7) is 2.48. The molecule has 1 saturated carbocycles. The summed E-state index contributed by atoms with van der Waals surface area (Å²) >= 11 is 6.28. The molecular weight excluding hydrogens is 404 g/mol. The fourth-order valence-corrected chi connectivity index (χ4v) is 4.34. The van der Waals surface area contributed by atoms with Crippen LogP contribution in [0.3, 0.4) is 0 Å². The number of hydrogen-bond donors (Lipinski definition) is 0. The van der Waals surface area contributed by atoms with Gasteiger partial charge in [-0.1, -0.05) is 11.6 Å². The molecule has 0 aliphatic heterocycles. The van der Waals surface area contributed by atoms with Crippen LogP contribution in [0.25, 0.3) is 10.9 Å². The Kier molecular flexibility index (Phi) is 7.45. The van der Waals surface area contributed by atoms with Crippen molar-refractivity contribution in [1.29, 1.82) is 0 Å². The third-order valence-electron chi connectivity index (χ3n) is 5.76. The maximum atomic E-state index is 13.6. The summed E-state index contributed by atoms with van der Waals surface area (Å²) in [5.74, 6) is -0.240. The number of nitrogens with zero attached hydrogens (tertiary/aromatic N) is 2. The van der Waals surface area contributed by atoms with Gasteiger partial charge in [-0.25, -0.2) is 4.79 Å². The van der Waals surface area contributed by atoms with E-state index in [9.17, 15) is 9.59 Å². The molecule has 1 aromatic heterocycles. The number of rotatable bonds is 6. The summed E-state index contributed by atoms with van der Waals surface area (Å²) in [6.07, 6.45) is 3.80. The van der Waals surface area contributed by atoms with Gasteiger partial charge in [-0.3, -0.25) is 4.79 Å². The highest BCUT2D eigenvalue weighted by molar-refractivity contribution is 6.31. The van der Waals surface area contributed by atoms with Gasteiger partial charge in [-0.15, -0.1) is 0 Å². The third-order valence-corrected chi connectivity index (χ3v) is 5.99. The summed E-state index contributed by atoms with van der Waals surface area (Å²) in [5.41, 5.74) is 1.27. The van der Waals surface area contributed by atoms with Gasteiger partial charge in [-0.2, -0.15) is 4.57 Å². The molecule has 0 amide bonds. The number of methoxy groups -OCH3 is 1. The van der Waals surface area contributed by atoms with Gasteiger partial charge in [0.2, 0.25) is 11.3 Å². The Morgan fingerprint density at radius 1 is 1.20 bits per heavy atom. The zero-order chi connectivity index (χ0) is 21.8. The van der Waals surface area contributed by atoms with E-state index in [1.807, 2.05) is 37.2 Å². The fraction of sp³-hybridized carbons (Fsp3) is 0.522. The van der Waals surface area contributed by atoms with E-state index in [1.165, 1.54) is 6.92 Å². The van der Waals surface area contributed by atoms with Crippen molar-refractivity contribution in [3.8, 4) is 5.75 Å².